The Balaban J connectivity index is 2.83. The van der Waals surface area contributed by atoms with Crippen molar-refractivity contribution >= 4 is 5.69 Å². The number of benzene rings is 1. The average molecular weight is 293 g/mol. The van der Waals surface area contributed by atoms with Crippen molar-refractivity contribution in [2.75, 3.05) is 3.08 Å². The molecule has 2 heteroatoms. The average Bonchev–Trinajstić information content (AvgIpc) is 1.90. The van der Waals surface area contributed by atoms with Crippen LogP contribution in [0.4, 0.5) is 5.69 Å². The Morgan fingerprint density at radius 1 is 1.12 bits per heavy atom. The quantitative estimate of drug-likeness (QED) is 0.775. The molecule has 0 aliphatic carbocycles. The van der Waals surface area contributed by atoms with Gasteiger partial charge in [-0.25, -0.2) is 0 Å². The molecule has 1 N–H and O–H groups in total. The van der Waals surface area contributed by atoms with Crippen LogP contribution in [0.3, 0.4) is 0 Å². The van der Waals surface area contributed by atoms with Crippen molar-refractivity contribution < 1.29 is 26.4 Å². The Kier molecular flexibility index (Phi) is 2.34. The van der Waals surface area contributed by atoms with E-state index in [2.05, 4.69) is 15.2 Å². The summed E-state index contributed by atoms with van der Waals surface area (Å²) in [6, 6.07) is 10.2. The number of nitrogens with one attached hydrogen (secondary N) is 1. The summed E-state index contributed by atoms with van der Waals surface area (Å²) in [5.41, 5.74) is 1.25. The Morgan fingerprint density at radius 2 is 1.75 bits per heavy atom. The van der Waals surface area contributed by atoms with Gasteiger partial charge in [0.1, 0.15) is 0 Å². The molecule has 0 aliphatic rings. The fourth-order valence-corrected chi connectivity index (χ4v) is 1.47. The standard InChI is InChI=1S/C6H6N.Hg/c7-6-4-2-1-3-5-6;/h1-5,7H;/q-1;+1. The minimum atomic E-state index is 0.672. The van der Waals surface area contributed by atoms with Crippen LogP contribution in [-0.2, 0) is 26.4 Å². The topological polar surface area (TPSA) is 12.0 Å². The second-order valence-electron chi connectivity index (χ2n) is 1.54. The van der Waals surface area contributed by atoms with Gasteiger partial charge in [-0.1, -0.05) is 0 Å². The van der Waals surface area contributed by atoms with Gasteiger partial charge in [-0.15, -0.1) is 0 Å². The summed E-state index contributed by atoms with van der Waals surface area (Å²) in [5, 5.41) is 0. The minimum absolute atomic E-state index is 0.672. The first-order valence-electron chi connectivity index (χ1n) is 2.51. The van der Waals surface area contributed by atoms with E-state index in [1.54, 1.807) is 0 Å². The first-order valence-corrected chi connectivity index (χ1v) is 5.26. The van der Waals surface area contributed by atoms with Gasteiger partial charge < -0.3 is 0 Å². The van der Waals surface area contributed by atoms with Crippen LogP contribution in [0.25, 0.3) is 0 Å². The predicted molar refractivity (Wildman–Crippen MR) is 30.1 cm³/mol. The van der Waals surface area contributed by atoms with Crippen LogP contribution in [0.15, 0.2) is 30.3 Å². The molecular formula is C6H6HgN. The van der Waals surface area contributed by atoms with Gasteiger partial charge in [0.2, 0.25) is 0 Å². The van der Waals surface area contributed by atoms with Crippen molar-refractivity contribution in [1.82, 2.24) is 0 Å². The zero-order valence-electron chi connectivity index (χ0n) is 4.59. The van der Waals surface area contributed by atoms with E-state index < -0.39 is 0 Å². The molecule has 1 aromatic rings. The van der Waals surface area contributed by atoms with Crippen LogP contribution in [-0.4, -0.2) is 0 Å². The van der Waals surface area contributed by atoms with Gasteiger partial charge in [-0.2, -0.15) is 0 Å². The molecule has 0 amide bonds. The van der Waals surface area contributed by atoms with Gasteiger partial charge in [-0.05, 0) is 0 Å². The third-order valence-electron chi connectivity index (χ3n) is 0.978. The summed E-state index contributed by atoms with van der Waals surface area (Å²) in [4.78, 5) is 0. The summed E-state index contributed by atoms with van der Waals surface area (Å²) in [6.45, 7) is 0. The molecule has 0 bridgehead atoms. The summed E-state index contributed by atoms with van der Waals surface area (Å²) in [6.07, 6.45) is 0. The van der Waals surface area contributed by atoms with E-state index in [1.807, 2.05) is 18.2 Å². The van der Waals surface area contributed by atoms with Gasteiger partial charge >= 0.3 is 65.5 Å². The number of hydrogen-bond acceptors (Lipinski definition) is 1. The van der Waals surface area contributed by atoms with Gasteiger partial charge in [0.25, 0.3) is 0 Å². The second-order valence-corrected chi connectivity index (χ2v) is 2.92. The summed E-state index contributed by atoms with van der Waals surface area (Å²) in [5.74, 6) is 0. The molecular weight excluding hydrogens is 287 g/mol. The summed E-state index contributed by atoms with van der Waals surface area (Å²) < 4.78 is 3.22. The molecule has 0 saturated carbocycles. The first-order chi connectivity index (χ1) is 3.93. The van der Waals surface area contributed by atoms with Crippen molar-refractivity contribution in [2.24, 2.45) is 0 Å². The Morgan fingerprint density at radius 3 is 2.12 bits per heavy atom. The monoisotopic (exact) mass is 294 g/mol. The van der Waals surface area contributed by atoms with Crippen LogP contribution in [0.2, 0.25) is 0 Å². The summed E-state index contributed by atoms with van der Waals surface area (Å²) in [7, 11) is 0. The Bertz CT molecular complexity index is 150. The third kappa shape index (κ3) is 1.48. The molecule has 1 aromatic carbocycles. The molecule has 1 nitrogen and oxygen atoms in total. The maximum absolute atomic E-state index is 3.22. The molecule has 0 heterocycles. The third-order valence-corrected chi connectivity index (χ3v) is 2.56. The second kappa shape index (κ2) is 3.08. The van der Waals surface area contributed by atoms with Gasteiger partial charge in [-0.3, -0.25) is 0 Å². The van der Waals surface area contributed by atoms with Crippen LogP contribution < -0.4 is 3.08 Å². The van der Waals surface area contributed by atoms with Crippen LogP contribution in [0, 0.1) is 0 Å². The molecule has 0 radical (unpaired) electrons. The molecule has 0 atom stereocenters. The van der Waals surface area contributed by atoms with Crippen molar-refractivity contribution in [2.45, 2.75) is 0 Å². The molecule has 0 aromatic heterocycles. The van der Waals surface area contributed by atoms with E-state index in [9.17, 15) is 0 Å². The van der Waals surface area contributed by atoms with Gasteiger partial charge in [0, 0.05) is 0 Å². The SMILES string of the molecule is [Hg][NH]c1ccccc1. The van der Waals surface area contributed by atoms with Gasteiger partial charge in [0.15, 0.2) is 0 Å². The fraction of sp³-hybridized carbons (Fsp3) is 0. The molecule has 0 aliphatic heterocycles. The van der Waals surface area contributed by atoms with E-state index in [-0.39, 0.29) is 0 Å². The molecule has 0 fully saturated rings. The number of hydrogen-bond donors (Lipinski definition) is 1. The van der Waals surface area contributed by atoms with Crippen LogP contribution in [0.1, 0.15) is 0 Å². The Labute approximate surface area is 65.5 Å². The summed E-state index contributed by atoms with van der Waals surface area (Å²) >= 11 is 0.672. The van der Waals surface area contributed by atoms with Crippen molar-refractivity contribution in [3.63, 3.8) is 0 Å². The predicted octanol–water partition coefficient (Wildman–Crippen LogP) is 1.56. The fourth-order valence-electron chi connectivity index (χ4n) is 0.556. The Hall–Kier alpha value is -0.0449. The van der Waals surface area contributed by atoms with Gasteiger partial charge in [0.05, 0.1) is 0 Å². The molecule has 0 spiro atoms. The van der Waals surface area contributed by atoms with E-state index >= 15 is 0 Å². The van der Waals surface area contributed by atoms with E-state index in [0.717, 1.165) is 0 Å². The van der Waals surface area contributed by atoms with Crippen molar-refractivity contribution in [1.29, 1.82) is 0 Å². The number of para-hydroxylation sites is 1. The maximum atomic E-state index is 3.22. The number of anilines is 1. The van der Waals surface area contributed by atoms with Crippen molar-refractivity contribution in [3.05, 3.63) is 30.3 Å². The first kappa shape index (κ1) is 6.08. The normalized spacial score (nSPS) is 8.75. The van der Waals surface area contributed by atoms with Crippen molar-refractivity contribution in [3.8, 4) is 0 Å². The molecule has 0 saturated heterocycles. The van der Waals surface area contributed by atoms with Crippen LogP contribution >= 0.6 is 0 Å². The zero-order chi connectivity index (χ0) is 5.82. The molecule has 37 valence electrons. The molecule has 0 unspecified atom stereocenters. The van der Waals surface area contributed by atoms with E-state index in [1.165, 1.54) is 5.69 Å². The number of rotatable bonds is 1. The van der Waals surface area contributed by atoms with E-state index in [4.69, 9.17) is 0 Å². The van der Waals surface area contributed by atoms with E-state index in [0.29, 0.717) is 26.4 Å². The molecule has 8 heavy (non-hydrogen) atoms. The molecule has 1 rings (SSSR count). The van der Waals surface area contributed by atoms with Crippen LogP contribution in [0.5, 0.6) is 0 Å². The zero-order valence-corrected chi connectivity index (χ0v) is 10.1.